The summed E-state index contributed by atoms with van der Waals surface area (Å²) in [5.41, 5.74) is 1.22. The van der Waals surface area contributed by atoms with Crippen molar-refractivity contribution in [2.45, 2.75) is 38.6 Å². The Kier molecular flexibility index (Phi) is 4.29. The maximum absolute atomic E-state index is 13.7. The van der Waals surface area contributed by atoms with Crippen LogP contribution in [0.5, 0.6) is 0 Å². The molecule has 2 atom stereocenters. The standard InChI is InChI=1S/C21H26N4O2/c1-15-7-6-12-24(14-15)20(27)21(2)13-16-8-4-5-9-17(16)25(21)18-10-11-19(26)23(3)22-18/h4-5,8-11,15H,6-7,12-14H2,1-3H3/t15-,21?/m0/s1. The second-order valence-electron chi connectivity index (χ2n) is 8.07. The largest absolute Gasteiger partial charge is 0.340 e. The first-order valence-electron chi connectivity index (χ1n) is 9.62. The van der Waals surface area contributed by atoms with Crippen LogP contribution in [-0.4, -0.2) is 39.2 Å². The number of nitrogens with zero attached hydrogens (tertiary/aromatic N) is 4. The van der Waals surface area contributed by atoms with Gasteiger partial charge in [0.2, 0.25) is 5.91 Å². The molecular weight excluding hydrogens is 340 g/mol. The van der Waals surface area contributed by atoms with Gasteiger partial charge in [-0.15, -0.1) is 0 Å². The van der Waals surface area contributed by atoms with Gasteiger partial charge in [-0.25, -0.2) is 4.68 Å². The summed E-state index contributed by atoms with van der Waals surface area (Å²) in [5, 5.41) is 4.45. The lowest BCUT2D eigenvalue weighted by molar-refractivity contribution is -0.137. The van der Waals surface area contributed by atoms with E-state index in [0.717, 1.165) is 30.8 Å². The van der Waals surface area contributed by atoms with Crippen molar-refractivity contribution in [2.75, 3.05) is 18.0 Å². The lowest BCUT2D eigenvalue weighted by atomic mass is 9.92. The third kappa shape index (κ3) is 2.93. The Morgan fingerprint density at radius 1 is 1.22 bits per heavy atom. The minimum Gasteiger partial charge on any atom is -0.340 e. The van der Waals surface area contributed by atoms with Gasteiger partial charge in [-0.3, -0.25) is 9.59 Å². The van der Waals surface area contributed by atoms with Crippen LogP contribution in [0.2, 0.25) is 0 Å². The normalized spacial score (nSPS) is 24.8. The summed E-state index contributed by atoms with van der Waals surface area (Å²) in [6, 6.07) is 11.3. The van der Waals surface area contributed by atoms with Gasteiger partial charge in [0.1, 0.15) is 5.54 Å². The highest BCUT2D eigenvalue weighted by molar-refractivity contribution is 5.95. The van der Waals surface area contributed by atoms with E-state index in [-0.39, 0.29) is 11.5 Å². The highest BCUT2D eigenvalue weighted by Crippen LogP contribution is 2.44. The van der Waals surface area contributed by atoms with E-state index in [2.05, 4.69) is 18.1 Å². The molecular formula is C21H26N4O2. The number of carbonyl (C=O) groups excluding carboxylic acids is 1. The number of amides is 1. The van der Waals surface area contributed by atoms with Crippen LogP contribution in [0.4, 0.5) is 11.5 Å². The SMILES string of the molecule is C[C@H]1CCCN(C(=O)C2(C)Cc3ccccc3N2c2ccc(=O)n(C)n2)C1. The van der Waals surface area contributed by atoms with E-state index in [1.165, 1.54) is 17.2 Å². The van der Waals surface area contributed by atoms with E-state index in [4.69, 9.17) is 0 Å². The average Bonchev–Trinajstić information content (AvgIpc) is 2.96. The fourth-order valence-corrected chi connectivity index (χ4v) is 4.47. The fraction of sp³-hybridized carbons (Fsp3) is 0.476. The molecule has 2 aromatic rings. The van der Waals surface area contributed by atoms with Crippen LogP contribution in [0.1, 0.15) is 32.3 Å². The van der Waals surface area contributed by atoms with Crippen molar-refractivity contribution in [1.82, 2.24) is 14.7 Å². The highest BCUT2D eigenvalue weighted by Gasteiger charge is 2.49. The van der Waals surface area contributed by atoms with Crippen molar-refractivity contribution in [2.24, 2.45) is 13.0 Å². The lowest BCUT2D eigenvalue weighted by Gasteiger charge is -2.41. The second-order valence-corrected chi connectivity index (χ2v) is 8.07. The number of rotatable bonds is 2. The third-order valence-corrected chi connectivity index (χ3v) is 5.84. The van der Waals surface area contributed by atoms with Crippen LogP contribution in [-0.2, 0) is 18.3 Å². The van der Waals surface area contributed by atoms with Crippen LogP contribution >= 0.6 is 0 Å². The Labute approximate surface area is 159 Å². The number of anilines is 2. The van der Waals surface area contributed by atoms with E-state index in [1.54, 1.807) is 13.1 Å². The van der Waals surface area contributed by atoms with Gasteiger partial charge in [0.05, 0.1) is 0 Å². The number of aromatic nitrogens is 2. The molecule has 1 amide bonds. The number of hydrogen-bond acceptors (Lipinski definition) is 4. The molecule has 3 heterocycles. The molecule has 2 aliphatic rings. The van der Waals surface area contributed by atoms with Crippen molar-refractivity contribution in [3.05, 3.63) is 52.3 Å². The first kappa shape index (κ1) is 17.8. The molecule has 0 bridgehead atoms. The predicted octanol–water partition coefficient (Wildman–Crippen LogP) is 2.49. The number of fused-ring (bicyclic) bond motifs is 1. The molecule has 0 aliphatic carbocycles. The quantitative estimate of drug-likeness (QED) is 0.819. The molecule has 1 aromatic carbocycles. The number of aryl methyl sites for hydroxylation is 1. The van der Waals surface area contributed by atoms with E-state index < -0.39 is 5.54 Å². The maximum Gasteiger partial charge on any atom is 0.266 e. The molecule has 0 N–H and O–H groups in total. The summed E-state index contributed by atoms with van der Waals surface area (Å²) < 4.78 is 1.32. The Hall–Kier alpha value is -2.63. The van der Waals surface area contributed by atoms with E-state index in [9.17, 15) is 9.59 Å². The summed E-state index contributed by atoms with van der Waals surface area (Å²) in [6.07, 6.45) is 2.86. The van der Waals surface area contributed by atoms with Crippen LogP contribution in [0, 0.1) is 5.92 Å². The van der Waals surface area contributed by atoms with Crippen molar-refractivity contribution in [1.29, 1.82) is 0 Å². The molecule has 142 valence electrons. The number of piperidine rings is 1. The minimum absolute atomic E-state index is 0.140. The number of para-hydroxylation sites is 1. The van der Waals surface area contributed by atoms with Crippen molar-refractivity contribution in [3.8, 4) is 0 Å². The first-order chi connectivity index (χ1) is 12.9. The zero-order valence-corrected chi connectivity index (χ0v) is 16.2. The van der Waals surface area contributed by atoms with Crippen LogP contribution in [0.15, 0.2) is 41.2 Å². The average molecular weight is 366 g/mol. The van der Waals surface area contributed by atoms with Gasteiger partial charge in [0, 0.05) is 38.3 Å². The first-order valence-corrected chi connectivity index (χ1v) is 9.62. The van der Waals surface area contributed by atoms with Gasteiger partial charge in [-0.05, 0) is 43.4 Å². The Morgan fingerprint density at radius 3 is 2.74 bits per heavy atom. The number of benzene rings is 1. The van der Waals surface area contributed by atoms with Crippen molar-refractivity contribution in [3.63, 3.8) is 0 Å². The summed E-state index contributed by atoms with van der Waals surface area (Å²) in [5.74, 6) is 1.29. The molecule has 0 spiro atoms. The Balaban J connectivity index is 1.79. The molecule has 6 nitrogen and oxygen atoms in total. The summed E-state index contributed by atoms with van der Waals surface area (Å²) in [4.78, 5) is 29.5. The van der Waals surface area contributed by atoms with Gasteiger partial charge in [-0.2, -0.15) is 5.10 Å². The Morgan fingerprint density at radius 2 is 2.00 bits per heavy atom. The zero-order chi connectivity index (χ0) is 19.2. The third-order valence-electron chi connectivity index (χ3n) is 5.84. The molecule has 27 heavy (non-hydrogen) atoms. The minimum atomic E-state index is -0.745. The maximum atomic E-state index is 13.7. The van der Waals surface area contributed by atoms with Crippen LogP contribution in [0.3, 0.4) is 0 Å². The Bertz CT molecular complexity index is 938. The van der Waals surface area contributed by atoms with Gasteiger partial charge in [-0.1, -0.05) is 25.1 Å². The van der Waals surface area contributed by atoms with Crippen molar-refractivity contribution >= 4 is 17.4 Å². The van der Waals surface area contributed by atoms with Gasteiger partial charge in [0.15, 0.2) is 5.82 Å². The van der Waals surface area contributed by atoms with Crippen LogP contribution < -0.4 is 10.5 Å². The number of likely N-dealkylation sites (tertiary alicyclic amines) is 1. The molecule has 1 saturated heterocycles. The number of carbonyl (C=O) groups is 1. The topological polar surface area (TPSA) is 58.4 Å². The molecule has 2 aliphatic heterocycles. The molecule has 1 aromatic heterocycles. The molecule has 1 fully saturated rings. The smallest absolute Gasteiger partial charge is 0.266 e. The van der Waals surface area contributed by atoms with E-state index >= 15 is 0 Å². The summed E-state index contributed by atoms with van der Waals surface area (Å²) in [6.45, 7) is 5.82. The predicted molar refractivity (Wildman–Crippen MR) is 105 cm³/mol. The fourth-order valence-electron chi connectivity index (χ4n) is 4.47. The number of hydrogen-bond donors (Lipinski definition) is 0. The second kappa shape index (κ2) is 6.51. The van der Waals surface area contributed by atoms with E-state index in [0.29, 0.717) is 18.2 Å². The molecule has 0 radical (unpaired) electrons. The lowest BCUT2D eigenvalue weighted by Crippen LogP contribution is -2.57. The monoisotopic (exact) mass is 366 g/mol. The van der Waals surface area contributed by atoms with Gasteiger partial charge in [0.25, 0.3) is 5.56 Å². The zero-order valence-electron chi connectivity index (χ0n) is 16.2. The van der Waals surface area contributed by atoms with Crippen molar-refractivity contribution < 1.29 is 4.79 Å². The molecule has 6 heteroatoms. The molecule has 0 saturated carbocycles. The van der Waals surface area contributed by atoms with Gasteiger partial charge < -0.3 is 9.80 Å². The van der Waals surface area contributed by atoms with Gasteiger partial charge >= 0.3 is 0 Å². The van der Waals surface area contributed by atoms with E-state index in [1.807, 2.05) is 34.9 Å². The van der Waals surface area contributed by atoms with Crippen LogP contribution in [0.25, 0.3) is 0 Å². The summed E-state index contributed by atoms with van der Waals surface area (Å²) >= 11 is 0. The molecule has 1 unspecified atom stereocenters. The highest BCUT2D eigenvalue weighted by atomic mass is 16.2. The molecule has 4 rings (SSSR count). The summed E-state index contributed by atoms with van der Waals surface area (Å²) in [7, 11) is 1.64.